The maximum absolute atomic E-state index is 12.6. The molecule has 0 bridgehead atoms. The molecule has 1 atom stereocenters. The van der Waals surface area contributed by atoms with E-state index in [-0.39, 0.29) is 23.0 Å². The van der Waals surface area contributed by atoms with Crippen molar-refractivity contribution in [2.24, 2.45) is 5.73 Å². The van der Waals surface area contributed by atoms with Gasteiger partial charge in [0.1, 0.15) is 11.6 Å². The molecule has 1 heterocycles. The molecule has 0 radical (unpaired) electrons. The van der Waals surface area contributed by atoms with Gasteiger partial charge in [0.25, 0.3) is 5.56 Å². The molecule has 2 rings (SSSR count). The molecule has 0 spiro atoms. The van der Waals surface area contributed by atoms with Gasteiger partial charge in [-0.25, -0.2) is 0 Å². The fraction of sp³-hybridized carbons (Fsp3) is 0.294. The molecule has 1 unspecified atom stereocenters. The van der Waals surface area contributed by atoms with Crippen LogP contribution in [0.25, 0.3) is 11.3 Å². The Morgan fingerprint density at radius 3 is 2.41 bits per heavy atom. The zero-order valence-corrected chi connectivity index (χ0v) is 13.1. The number of hydrogen-bond donors (Lipinski definition) is 2. The molecule has 116 valence electrons. The summed E-state index contributed by atoms with van der Waals surface area (Å²) in [6, 6.07) is 11.0. The van der Waals surface area contributed by atoms with Gasteiger partial charge < -0.3 is 15.0 Å². The second kappa shape index (κ2) is 6.47. The predicted octanol–water partition coefficient (Wildman–Crippen LogP) is 2.78. The molecular formula is C17H21N3O2. The fourth-order valence-corrected chi connectivity index (χ4v) is 2.38. The Kier molecular flexibility index (Phi) is 4.65. The van der Waals surface area contributed by atoms with Crippen molar-refractivity contribution in [3.63, 3.8) is 0 Å². The van der Waals surface area contributed by atoms with Crippen LogP contribution < -0.4 is 16.0 Å². The van der Waals surface area contributed by atoms with E-state index in [9.17, 15) is 4.79 Å². The van der Waals surface area contributed by atoms with Gasteiger partial charge in [-0.1, -0.05) is 6.92 Å². The van der Waals surface area contributed by atoms with Gasteiger partial charge in [-0.15, -0.1) is 0 Å². The average molecular weight is 299 g/mol. The van der Waals surface area contributed by atoms with Crippen LogP contribution in [0.1, 0.15) is 31.9 Å². The Hall–Kier alpha value is -2.56. The highest BCUT2D eigenvalue weighted by atomic mass is 16.5. The third-order valence-corrected chi connectivity index (χ3v) is 3.82. The number of nitrogens with one attached hydrogen (secondary N) is 1. The molecule has 22 heavy (non-hydrogen) atoms. The van der Waals surface area contributed by atoms with Gasteiger partial charge in [0.15, 0.2) is 0 Å². The van der Waals surface area contributed by atoms with Crippen LogP contribution in [0.4, 0.5) is 0 Å². The lowest BCUT2D eigenvalue weighted by molar-refractivity contribution is 0.415. The van der Waals surface area contributed by atoms with Gasteiger partial charge in [-0.05, 0) is 55.3 Å². The van der Waals surface area contributed by atoms with Crippen LogP contribution in [0.3, 0.4) is 0 Å². The Labute approximate surface area is 129 Å². The van der Waals surface area contributed by atoms with Crippen molar-refractivity contribution in [3.8, 4) is 17.0 Å². The van der Waals surface area contributed by atoms with Gasteiger partial charge in [-0.2, -0.15) is 0 Å². The van der Waals surface area contributed by atoms with E-state index in [0.29, 0.717) is 0 Å². The quantitative estimate of drug-likeness (QED) is 0.658. The fourth-order valence-electron chi connectivity index (χ4n) is 2.38. The van der Waals surface area contributed by atoms with Crippen molar-refractivity contribution < 1.29 is 4.74 Å². The van der Waals surface area contributed by atoms with Crippen LogP contribution in [0.15, 0.2) is 41.2 Å². The van der Waals surface area contributed by atoms with Crippen molar-refractivity contribution >= 4 is 5.84 Å². The highest BCUT2D eigenvalue weighted by Crippen LogP contribution is 2.24. The lowest BCUT2D eigenvalue weighted by Crippen LogP contribution is -2.32. The number of nitrogen functional groups attached to an aromatic ring is 1. The molecule has 3 N–H and O–H groups in total. The molecule has 0 aliphatic carbocycles. The van der Waals surface area contributed by atoms with Crippen LogP contribution in [-0.4, -0.2) is 17.5 Å². The minimum Gasteiger partial charge on any atom is -0.497 e. The summed E-state index contributed by atoms with van der Waals surface area (Å²) < 4.78 is 6.87. The maximum atomic E-state index is 12.6. The Balaban J connectivity index is 2.66. The Morgan fingerprint density at radius 1 is 1.27 bits per heavy atom. The molecule has 1 aromatic carbocycles. The summed E-state index contributed by atoms with van der Waals surface area (Å²) in [4.78, 5) is 12.6. The molecule has 5 heteroatoms. The number of aromatic nitrogens is 1. The number of nitrogens with two attached hydrogens (primary N) is 1. The van der Waals surface area contributed by atoms with Crippen LogP contribution >= 0.6 is 0 Å². The topological polar surface area (TPSA) is 81.1 Å². The first-order chi connectivity index (χ1) is 10.5. The van der Waals surface area contributed by atoms with Gasteiger partial charge in [0.05, 0.1) is 18.4 Å². The number of methoxy groups -OCH3 is 1. The van der Waals surface area contributed by atoms with E-state index in [1.807, 2.05) is 44.2 Å². The third kappa shape index (κ3) is 2.88. The molecule has 0 saturated heterocycles. The van der Waals surface area contributed by atoms with E-state index in [4.69, 9.17) is 15.9 Å². The molecule has 0 saturated carbocycles. The van der Waals surface area contributed by atoms with Crippen molar-refractivity contribution in [2.45, 2.75) is 26.3 Å². The predicted molar refractivity (Wildman–Crippen MR) is 88.7 cm³/mol. The van der Waals surface area contributed by atoms with Crippen LogP contribution in [0.5, 0.6) is 5.75 Å². The molecule has 2 aromatic rings. The van der Waals surface area contributed by atoms with Crippen molar-refractivity contribution in [1.29, 1.82) is 5.41 Å². The SMILES string of the molecule is CCC(C)n1c(-c2ccc(OC)cc2)ccc(C(=N)N)c1=O. The van der Waals surface area contributed by atoms with Gasteiger partial charge >= 0.3 is 0 Å². The van der Waals surface area contributed by atoms with E-state index in [1.165, 1.54) is 0 Å². The zero-order valence-electron chi connectivity index (χ0n) is 13.1. The number of ether oxygens (including phenoxy) is 1. The second-order valence-corrected chi connectivity index (χ2v) is 5.21. The maximum Gasteiger partial charge on any atom is 0.262 e. The number of nitrogens with zero attached hydrogens (tertiary/aromatic N) is 1. The lowest BCUT2D eigenvalue weighted by Gasteiger charge is -2.20. The normalized spacial score (nSPS) is 12.0. The van der Waals surface area contributed by atoms with E-state index in [0.717, 1.165) is 23.4 Å². The molecule has 0 aliphatic heterocycles. The Morgan fingerprint density at radius 2 is 1.91 bits per heavy atom. The van der Waals surface area contributed by atoms with Gasteiger partial charge in [-0.3, -0.25) is 10.2 Å². The second-order valence-electron chi connectivity index (χ2n) is 5.21. The number of hydrogen-bond acceptors (Lipinski definition) is 3. The van der Waals surface area contributed by atoms with E-state index in [2.05, 4.69) is 0 Å². The molecule has 1 aromatic heterocycles. The minimum absolute atomic E-state index is 0.0175. The largest absolute Gasteiger partial charge is 0.497 e. The summed E-state index contributed by atoms with van der Waals surface area (Å²) in [6.45, 7) is 4.01. The third-order valence-electron chi connectivity index (χ3n) is 3.82. The highest BCUT2D eigenvalue weighted by molar-refractivity contribution is 5.94. The first-order valence-electron chi connectivity index (χ1n) is 7.24. The summed E-state index contributed by atoms with van der Waals surface area (Å²) in [5.41, 5.74) is 7.25. The highest BCUT2D eigenvalue weighted by Gasteiger charge is 2.15. The Bertz CT molecular complexity index is 733. The van der Waals surface area contributed by atoms with Crippen LogP contribution in [0, 0.1) is 5.41 Å². The monoisotopic (exact) mass is 299 g/mol. The van der Waals surface area contributed by atoms with Crippen LogP contribution in [0.2, 0.25) is 0 Å². The zero-order chi connectivity index (χ0) is 16.3. The molecular weight excluding hydrogens is 278 g/mol. The van der Waals surface area contributed by atoms with Crippen LogP contribution in [-0.2, 0) is 0 Å². The van der Waals surface area contributed by atoms with E-state index >= 15 is 0 Å². The summed E-state index contributed by atoms with van der Waals surface area (Å²) >= 11 is 0. The van der Waals surface area contributed by atoms with Gasteiger partial charge in [0.2, 0.25) is 0 Å². The minimum atomic E-state index is -0.227. The summed E-state index contributed by atoms with van der Waals surface area (Å²) in [5, 5.41) is 7.55. The van der Waals surface area contributed by atoms with Gasteiger partial charge in [0, 0.05) is 6.04 Å². The molecule has 5 nitrogen and oxygen atoms in total. The van der Waals surface area contributed by atoms with E-state index < -0.39 is 0 Å². The van der Waals surface area contributed by atoms with Crippen molar-refractivity contribution in [1.82, 2.24) is 4.57 Å². The first-order valence-corrected chi connectivity index (χ1v) is 7.24. The molecule has 0 aliphatic rings. The van der Waals surface area contributed by atoms with Crippen molar-refractivity contribution in [3.05, 3.63) is 52.3 Å². The average Bonchev–Trinajstić information content (AvgIpc) is 2.53. The summed E-state index contributed by atoms with van der Waals surface area (Å²) in [5.74, 6) is 0.560. The number of rotatable bonds is 5. The van der Waals surface area contributed by atoms with Crippen molar-refractivity contribution in [2.75, 3.05) is 7.11 Å². The number of pyridine rings is 1. The standard InChI is InChI=1S/C17H21N3O2/c1-4-11(2)20-15(10-9-14(16(18)19)17(20)21)12-5-7-13(22-3)8-6-12/h5-11H,4H2,1-3H3,(H3,18,19). The molecule has 0 fully saturated rings. The summed E-state index contributed by atoms with van der Waals surface area (Å²) in [7, 11) is 1.62. The number of amidine groups is 1. The number of benzene rings is 1. The summed E-state index contributed by atoms with van der Waals surface area (Å²) in [6.07, 6.45) is 0.810. The smallest absolute Gasteiger partial charge is 0.262 e. The van der Waals surface area contributed by atoms with E-state index in [1.54, 1.807) is 17.7 Å². The molecule has 0 amide bonds. The first kappa shape index (κ1) is 15.8. The lowest BCUT2D eigenvalue weighted by atomic mass is 10.1.